The summed E-state index contributed by atoms with van der Waals surface area (Å²) in [5.41, 5.74) is 1.79. The first-order valence-electron chi connectivity index (χ1n) is 6.26. The van der Waals surface area contributed by atoms with Crippen LogP contribution in [0.4, 0.5) is 10.1 Å². The number of hydrogen-bond donors (Lipinski definition) is 1. The van der Waals surface area contributed by atoms with Gasteiger partial charge in [-0.3, -0.25) is 9.78 Å². The molecule has 2 rings (SSSR count). The topological polar surface area (TPSA) is 42.0 Å². The van der Waals surface area contributed by atoms with Crippen LogP contribution in [0.15, 0.2) is 42.7 Å². The lowest BCUT2D eigenvalue weighted by atomic mass is 10.1. The first-order valence-corrected chi connectivity index (χ1v) is 7.38. The molecule has 0 saturated heterocycles. The molecule has 1 aromatic carbocycles. The number of aromatic nitrogens is 1. The van der Waals surface area contributed by atoms with Gasteiger partial charge in [0.2, 0.25) is 0 Å². The van der Waals surface area contributed by atoms with Gasteiger partial charge in [0.05, 0.1) is 11.8 Å². The maximum atomic E-state index is 13.5. The number of amides is 1. The SMILES string of the molecule is O=C(Nc1cccc(CCCBr)c1)c1ccncc1F. The van der Waals surface area contributed by atoms with Crippen molar-refractivity contribution in [2.75, 3.05) is 10.6 Å². The molecule has 0 spiro atoms. The number of pyridine rings is 1. The smallest absolute Gasteiger partial charge is 0.258 e. The summed E-state index contributed by atoms with van der Waals surface area (Å²) in [4.78, 5) is 15.6. The third kappa shape index (κ3) is 3.87. The average Bonchev–Trinajstić information content (AvgIpc) is 2.46. The summed E-state index contributed by atoms with van der Waals surface area (Å²) in [7, 11) is 0. The minimum Gasteiger partial charge on any atom is -0.322 e. The van der Waals surface area contributed by atoms with Crippen LogP contribution in [0, 0.1) is 5.82 Å². The minimum absolute atomic E-state index is 0.00846. The zero-order valence-corrected chi connectivity index (χ0v) is 12.4. The van der Waals surface area contributed by atoms with Gasteiger partial charge in [-0.15, -0.1) is 0 Å². The van der Waals surface area contributed by atoms with Gasteiger partial charge in [-0.05, 0) is 36.6 Å². The fraction of sp³-hybridized carbons (Fsp3) is 0.200. The Balaban J connectivity index is 2.10. The Labute approximate surface area is 125 Å². The van der Waals surface area contributed by atoms with Crippen LogP contribution < -0.4 is 5.32 Å². The van der Waals surface area contributed by atoms with Gasteiger partial charge in [-0.1, -0.05) is 28.1 Å². The quantitative estimate of drug-likeness (QED) is 0.844. The summed E-state index contributed by atoms with van der Waals surface area (Å²) in [6, 6.07) is 8.93. The van der Waals surface area contributed by atoms with E-state index in [9.17, 15) is 9.18 Å². The number of hydrogen-bond acceptors (Lipinski definition) is 2. The average molecular weight is 337 g/mol. The van der Waals surface area contributed by atoms with E-state index in [1.807, 2.05) is 18.2 Å². The second kappa shape index (κ2) is 7.14. The van der Waals surface area contributed by atoms with Gasteiger partial charge >= 0.3 is 0 Å². The first-order chi connectivity index (χ1) is 9.70. The molecule has 1 amide bonds. The van der Waals surface area contributed by atoms with E-state index in [0.717, 1.165) is 29.9 Å². The summed E-state index contributed by atoms with van der Waals surface area (Å²) < 4.78 is 13.5. The van der Waals surface area contributed by atoms with Crippen LogP contribution in [0.5, 0.6) is 0 Å². The number of rotatable bonds is 5. The molecular formula is C15H14BrFN2O. The fourth-order valence-electron chi connectivity index (χ4n) is 1.83. The molecule has 2 aromatic rings. The van der Waals surface area contributed by atoms with E-state index < -0.39 is 11.7 Å². The number of carbonyl (C=O) groups is 1. The Bertz CT molecular complexity index is 604. The first kappa shape index (κ1) is 14.7. The van der Waals surface area contributed by atoms with Crippen LogP contribution >= 0.6 is 15.9 Å². The molecule has 0 unspecified atom stereocenters. The number of nitrogens with one attached hydrogen (secondary N) is 1. The van der Waals surface area contributed by atoms with Gasteiger partial charge in [0.1, 0.15) is 0 Å². The Kier molecular flexibility index (Phi) is 5.24. The van der Waals surface area contributed by atoms with Crippen LogP contribution in [0.2, 0.25) is 0 Å². The van der Waals surface area contributed by atoms with Crippen LogP contribution in [-0.2, 0) is 6.42 Å². The van der Waals surface area contributed by atoms with E-state index >= 15 is 0 Å². The monoisotopic (exact) mass is 336 g/mol. The van der Waals surface area contributed by atoms with Crippen molar-refractivity contribution >= 4 is 27.5 Å². The third-order valence-corrected chi connectivity index (χ3v) is 3.36. The predicted octanol–water partition coefficient (Wildman–Crippen LogP) is 3.80. The Morgan fingerprint density at radius 2 is 2.20 bits per heavy atom. The molecule has 1 N–H and O–H groups in total. The van der Waals surface area contributed by atoms with E-state index in [1.54, 1.807) is 6.07 Å². The van der Waals surface area contributed by atoms with Crippen LogP contribution in [0.3, 0.4) is 0 Å². The van der Waals surface area contributed by atoms with Crippen molar-refractivity contribution in [3.8, 4) is 0 Å². The van der Waals surface area contributed by atoms with Crippen molar-refractivity contribution in [3.63, 3.8) is 0 Å². The Morgan fingerprint density at radius 1 is 1.35 bits per heavy atom. The van der Waals surface area contributed by atoms with Crippen molar-refractivity contribution in [1.29, 1.82) is 0 Å². The highest BCUT2D eigenvalue weighted by Gasteiger charge is 2.11. The zero-order valence-electron chi connectivity index (χ0n) is 10.8. The lowest BCUT2D eigenvalue weighted by molar-refractivity contribution is 0.102. The molecule has 5 heteroatoms. The molecule has 0 bridgehead atoms. The Hall–Kier alpha value is -1.75. The van der Waals surface area contributed by atoms with Gasteiger partial charge in [0.15, 0.2) is 5.82 Å². The van der Waals surface area contributed by atoms with E-state index in [2.05, 4.69) is 26.2 Å². The van der Waals surface area contributed by atoms with Gasteiger partial charge in [0, 0.05) is 17.2 Å². The zero-order chi connectivity index (χ0) is 14.4. The van der Waals surface area contributed by atoms with Gasteiger partial charge in [-0.2, -0.15) is 0 Å². The third-order valence-electron chi connectivity index (χ3n) is 2.80. The molecule has 20 heavy (non-hydrogen) atoms. The number of nitrogens with zero attached hydrogens (tertiary/aromatic N) is 1. The fourth-order valence-corrected chi connectivity index (χ4v) is 2.11. The van der Waals surface area contributed by atoms with E-state index in [1.165, 1.54) is 12.3 Å². The van der Waals surface area contributed by atoms with E-state index in [4.69, 9.17) is 0 Å². The number of anilines is 1. The van der Waals surface area contributed by atoms with Crippen molar-refractivity contribution in [2.24, 2.45) is 0 Å². The number of halogens is 2. The summed E-state index contributed by atoms with van der Waals surface area (Å²) in [5.74, 6) is -1.09. The molecule has 1 aromatic heterocycles. The summed E-state index contributed by atoms with van der Waals surface area (Å²) in [6.07, 6.45) is 4.38. The summed E-state index contributed by atoms with van der Waals surface area (Å²) >= 11 is 3.39. The van der Waals surface area contributed by atoms with Gasteiger partial charge < -0.3 is 5.32 Å². The van der Waals surface area contributed by atoms with Crippen molar-refractivity contribution in [3.05, 3.63) is 59.7 Å². The van der Waals surface area contributed by atoms with E-state index in [-0.39, 0.29) is 5.56 Å². The van der Waals surface area contributed by atoms with Crippen molar-refractivity contribution in [2.45, 2.75) is 12.8 Å². The number of benzene rings is 1. The highest BCUT2D eigenvalue weighted by Crippen LogP contribution is 2.15. The Morgan fingerprint density at radius 3 is 2.95 bits per heavy atom. The highest BCUT2D eigenvalue weighted by atomic mass is 79.9. The molecule has 104 valence electrons. The summed E-state index contributed by atoms with van der Waals surface area (Å²) in [6.45, 7) is 0. The minimum atomic E-state index is -0.625. The second-order valence-corrected chi connectivity index (χ2v) is 5.10. The summed E-state index contributed by atoms with van der Waals surface area (Å²) in [5, 5.41) is 3.63. The van der Waals surface area contributed by atoms with Crippen molar-refractivity contribution < 1.29 is 9.18 Å². The molecule has 0 fully saturated rings. The van der Waals surface area contributed by atoms with Crippen molar-refractivity contribution in [1.82, 2.24) is 4.98 Å². The number of aryl methyl sites for hydroxylation is 1. The van der Waals surface area contributed by atoms with Crippen LogP contribution in [0.1, 0.15) is 22.3 Å². The molecular weight excluding hydrogens is 323 g/mol. The maximum Gasteiger partial charge on any atom is 0.258 e. The van der Waals surface area contributed by atoms with Gasteiger partial charge in [-0.25, -0.2) is 4.39 Å². The maximum absolute atomic E-state index is 13.5. The molecule has 3 nitrogen and oxygen atoms in total. The standard InChI is InChI=1S/C15H14BrFN2O/c16-7-2-4-11-3-1-5-12(9-11)19-15(20)13-6-8-18-10-14(13)17/h1,3,5-6,8-10H,2,4,7H2,(H,19,20). The van der Waals surface area contributed by atoms with Crippen LogP contribution in [0.25, 0.3) is 0 Å². The largest absolute Gasteiger partial charge is 0.322 e. The van der Waals surface area contributed by atoms with E-state index in [0.29, 0.717) is 5.69 Å². The number of alkyl halides is 1. The normalized spacial score (nSPS) is 10.3. The number of carbonyl (C=O) groups excluding carboxylic acids is 1. The second-order valence-electron chi connectivity index (χ2n) is 4.30. The predicted molar refractivity (Wildman–Crippen MR) is 80.7 cm³/mol. The van der Waals surface area contributed by atoms with Gasteiger partial charge in [0.25, 0.3) is 5.91 Å². The molecule has 0 radical (unpaired) electrons. The molecule has 0 aliphatic rings. The van der Waals surface area contributed by atoms with Crippen LogP contribution in [-0.4, -0.2) is 16.2 Å². The lowest BCUT2D eigenvalue weighted by Gasteiger charge is -2.07. The molecule has 0 atom stereocenters. The molecule has 0 aliphatic carbocycles. The molecule has 0 aliphatic heterocycles. The molecule has 1 heterocycles. The highest BCUT2D eigenvalue weighted by molar-refractivity contribution is 9.09. The molecule has 0 saturated carbocycles. The lowest BCUT2D eigenvalue weighted by Crippen LogP contribution is -2.14.